The summed E-state index contributed by atoms with van der Waals surface area (Å²) in [6.07, 6.45) is -22.7. The Morgan fingerprint density at radius 1 is 0.636 bits per heavy atom. The molecule has 2 bridgehead atoms. The molecule has 23 heteroatoms. The topological polar surface area (TPSA) is 321 Å². The van der Waals surface area contributed by atoms with Gasteiger partial charge in [-0.2, -0.15) is 0 Å². The lowest BCUT2D eigenvalue weighted by molar-refractivity contribution is -0.399. The van der Waals surface area contributed by atoms with Crippen molar-refractivity contribution < 1.29 is 112 Å². The summed E-state index contributed by atoms with van der Waals surface area (Å²) in [5.41, 5.74) is 0.0970. The van der Waals surface area contributed by atoms with Gasteiger partial charge in [-0.25, -0.2) is 4.79 Å². The average molecular weight is 1110 g/mol. The minimum Gasteiger partial charge on any atom is -0.463 e. The predicted octanol–water partition coefficient (Wildman–Crippen LogP) is 2.67. The largest absolute Gasteiger partial charge is 0.463 e. The molecule has 0 aromatic carbocycles. The summed E-state index contributed by atoms with van der Waals surface area (Å²) in [7, 11) is 0. The van der Waals surface area contributed by atoms with E-state index in [9.17, 15) is 54.9 Å². The molecule has 5 aliphatic heterocycles. The molecule has 7 N–H and O–H groups in total. The molecule has 0 saturated carbocycles. The average Bonchev–Trinajstić information content (AvgIpc) is 3.38. The highest BCUT2D eigenvalue weighted by molar-refractivity contribution is 5.87. The number of allylic oxidation sites excluding steroid dienone is 1. The number of hydrogen-bond acceptors (Lipinski definition) is 23. The van der Waals surface area contributed by atoms with Crippen LogP contribution in [0.15, 0.2) is 11.6 Å². The number of rotatable bonds is 14. The maximum absolute atomic E-state index is 14.1. The van der Waals surface area contributed by atoms with Crippen molar-refractivity contribution in [2.24, 2.45) is 11.8 Å². The highest BCUT2D eigenvalue weighted by Crippen LogP contribution is 2.38. The van der Waals surface area contributed by atoms with Gasteiger partial charge in [-0.1, -0.05) is 84.6 Å². The first-order valence-electron chi connectivity index (χ1n) is 27.9. The molecule has 23 atom stereocenters. The van der Waals surface area contributed by atoms with Crippen molar-refractivity contribution in [2.75, 3.05) is 6.61 Å². The van der Waals surface area contributed by atoms with Gasteiger partial charge in [-0.05, 0) is 67.7 Å². The summed E-state index contributed by atoms with van der Waals surface area (Å²) in [5, 5.41) is 79.8. The number of fused-ring (bicyclic) bond motifs is 4. The summed E-state index contributed by atoms with van der Waals surface area (Å²) in [5.74, 6) is -4.87. The van der Waals surface area contributed by atoms with Crippen molar-refractivity contribution in [3.63, 3.8) is 0 Å². The number of hydrogen-bond donors (Lipinski definition) is 7. The van der Waals surface area contributed by atoms with E-state index in [0.717, 1.165) is 51.4 Å². The van der Waals surface area contributed by atoms with E-state index in [2.05, 4.69) is 6.92 Å². The van der Waals surface area contributed by atoms with Crippen LogP contribution in [0.3, 0.4) is 0 Å². The fraction of sp³-hybridized carbons (Fsp3) is 0.889. The number of carbonyl (C=O) groups is 4. The number of ether oxygens (including phenoxy) is 12. The molecular formula is C54H90O23. The zero-order chi connectivity index (χ0) is 56.8. The minimum atomic E-state index is -2.03. The van der Waals surface area contributed by atoms with Crippen LogP contribution in [-0.4, -0.2) is 201 Å². The van der Waals surface area contributed by atoms with Gasteiger partial charge in [0, 0.05) is 12.0 Å². The molecule has 0 spiro atoms. The van der Waals surface area contributed by atoms with Crippen LogP contribution in [0.1, 0.15) is 153 Å². The van der Waals surface area contributed by atoms with E-state index in [1.165, 1.54) is 40.7 Å². The van der Waals surface area contributed by atoms with E-state index in [4.69, 9.17) is 56.8 Å². The molecule has 5 aliphatic rings. The van der Waals surface area contributed by atoms with Crippen LogP contribution < -0.4 is 0 Å². The van der Waals surface area contributed by atoms with Gasteiger partial charge in [-0.3, -0.25) is 14.4 Å². The SMILES string of the molecule is CC=C(C)C(=O)OC1C2OC(C)C(OC3OC(C)C(O)C(OC(=O)C(C)C)C3O)C1OC(=O)CCCCCCCCCC(CCCCC)OC1OC(C)C(O)C(O)C1OC1OC(COC(=O)C(C)C(C)O)C(O)C(O)C1O2. The fourth-order valence-electron chi connectivity index (χ4n) is 9.72. The Morgan fingerprint density at radius 3 is 1.87 bits per heavy atom. The molecule has 0 aromatic heterocycles. The van der Waals surface area contributed by atoms with Gasteiger partial charge in [0.25, 0.3) is 0 Å². The Balaban J connectivity index is 1.61. The normalized spacial score (nSPS) is 40.3. The van der Waals surface area contributed by atoms with Crippen molar-refractivity contribution in [3.05, 3.63) is 11.6 Å². The van der Waals surface area contributed by atoms with Gasteiger partial charge < -0.3 is 92.6 Å². The molecule has 0 amide bonds. The molecule has 0 aliphatic carbocycles. The maximum Gasteiger partial charge on any atom is 0.333 e. The van der Waals surface area contributed by atoms with Gasteiger partial charge in [0.1, 0.15) is 67.6 Å². The van der Waals surface area contributed by atoms with E-state index in [-0.39, 0.29) is 18.1 Å². The number of aliphatic hydroxyl groups excluding tert-OH is 7. The lowest BCUT2D eigenvalue weighted by Gasteiger charge is -2.50. The number of aliphatic hydroxyl groups is 7. The molecule has 0 radical (unpaired) electrons. The smallest absolute Gasteiger partial charge is 0.333 e. The van der Waals surface area contributed by atoms with Crippen molar-refractivity contribution in [2.45, 2.75) is 288 Å². The third kappa shape index (κ3) is 17.5. The first kappa shape index (κ1) is 64.8. The first-order valence-corrected chi connectivity index (χ1v) is 27.9. The second-order valence-electron chi connectivity index (χ2n) is 21.7. The summed E-state index contributed by atoms with van der Waals surface area (Å²) >= 11 is 0. The van der Waals surface area contributed by atoms with Gasteiger partial charge >= 0.3 is 23.9 Å². The van der Waals surface area contributed by atoms with Crippen LogP contribution in [0.4, 0.5) is 0 Å². The van der Waals surface area contributed by atoms with E-state index in [0.29, 0.717) is 25.7 Å². The summed E-state index contributed by atoms with van der Waals surface area (Å²) < 4.78 is 74.3. The molecule has 23 nitrogen and oxygen atoms in total. The van der Waals surface area contributed by atoms with E-state index in [1.807, 2.05) is 0 Å². The first-order chi connectivity index (χ1) is 36.5. The fourth-order valence-corrected chi connectivity index (χ4v) is 9.72. The molecular weight excluding hydrogens is 1020 g/mol. The highest BCUT2D eigenvalue weighted by Gasteiger charge is 2.58. The summed E-state index contributed by atoms with van der Waals surface area (Å²) in [6, 6.07) is 0. The third-order valence-corrected chi connectivity index (χ3v) is 15.1. The van der Waals surface area contributed by atoms with Gasteiger partial charge in [0.05, 0.1) is 42.4 Å². The molecule has 77 heavy (non-hydrogen) atoms. The Bertz CT molecular complexity index is 1870. The standard InChI is InChI=1S/C54H90O23/c1-11-13-19-22-33-23-20-17-15-14-16-18-21-24-35(56)72-46-42(75-51-41(62)43(37(58)31(9)67-51)73-48(63)26(3)4)32(10)69-54(47(46)74-49(64)27(5)12-2)77-45-40(61)38(59)34(25-66-50(65)28(6)29(7)55)71-53(45)76-44-39(60)36(57)30(8)68-52(44)70-33/h12,26,28-34,36-47,51-55,57-62H,11,13-25H2,1-10H3. The molecule has 23 unspecified atom stereocenters. The van der Waals surface area contributed by atoms with Crippen LogP contribution in [0, 0.1) is 11.8 Å². The number of esters is 4. The zero-order valence-corrected chi connectivity index (χ0v) is 46.5. The lowest BCUT2D eigenvalue weighted by atomic mass is 9.95. The molecule has 5 saturated heterocycles. The van der Waals surface area contributed by atoms with E-state index >= 15 is 0 Å². The molecule has 5 heterocycles. The third-order valence-electron chi connectivity index (χ3n) is 15.1. The Labute approximate surface area is 452 Å². The monoisotopic (exact) mass is 1110 g/mol. The number of carbonyl (C=O) groups excluding carboxylic acids is 4. The molecule has 0 aromatic rings. The summed E-state index contributed by atoms with van der Waals surface area (Å²) in [6.45, 7) is 14.9. The molecule has 5 rings (SSSR count). The number of unbranched alkanes of at least 4 members (excludes halogenated alkanes) is 2. The Morgan fingerprint density at radius 2 is 1.23 bits per heavy atom. The van der Waals surface area contributed by atoms with Crippen LogP contribution in [0.25, 0.3) is 0 Å². The lowest BCUT2D eigenvalue weighted by Crippen LogP contribution is -2.68. The van der Waals surface area contributed by atoms with Crippen LogP contribution in [0.2, 0.25) is 0 Å². The van der Waals surface area contributed by atoms with E-state index in [1.54, 1.807) is 27.7 Å². The van der Waals surface area contributed by atoms with Crippen LogP contribution in [0.5, 0.6) is 0 Å². The van der Waals surface area contributed by atoms with E-state index < -0.39 is 171 Å². The zero-order valence-electron chi connectivity index (χ0n) is 46.5. The second kappa shape index (κ2) is 30.7. The minimum absolute atomic E-state index is 0.0784. The van der Waals surface area contributed by atoms with Crippen molar-refractivity contribution >= 4 is 23.9 Å². The van der Waals surface area contributed by atoms with Gasteiger partial charge in [0.15, 0.2) is 43.5 Å². The van der Waals surface area contributed by atoms with Crippen molar-refractivity contribution in [3.8, 4) is 0 Å². The molecule has 5 fully saturated rings. The second-order valence-corrected chi connectivity index (χ2v) is 21.7. The molecule has 444 valence electrons. The van der Waals surface area contributed by atoms with Crippen LogP contribution in [-0.2, 0) is 76.0 Å². The Kier molecular flexibility index (Phi) is 25.9. The van der Waals surface area contributed by atoms with Gasteiger partial charge in [-0.15, -0.1) is 0 Å². The Hall–Kier alpha value is -2.98. The predicted molar refractivity (Wildman–Crippen MR) is 269 cm³/mol. The highest BCUT2D eigenvalue weighted by atomic mass is 16.8. The van der Waals surface area contributed by atoms with Crippen molar-refractivity contribution in [1.29, 1.82) is 0 Å². The van der Waals surface area contributed by atoms with Gasteiger partial charge in [0.2, 0.25) is 0 Å². The quantitative estimate of drug-likeness (QED) is 0.0569. The van der Waals surface area contributed by atoms with Crippen LogP contribution >= 0.6 is 0 Å². The summed E-state index contributed by atoms with van der Waals surface area (Å²) in [4.78, 5) is 53.7. The maximum atomic E-state index is 14.1. The van der Waals surface area contributed by atoms with Crippen molar-refractivity contribution in [1.82, 2.24) is 0 Å².